The van der Waals surface area contributed by atoms with Gasteiger partial charge in [0.25, 0.3) is 0 Å². The highest BCUT2D eigenvalue weighted by molar-refractivity contribution is 5.78. The molecule has 1 aliphatic rings. The van der Waals surface area contributed by atoms with Gasteiger partial charge in [0.15, 0.2) is 0 Å². The molecule has 1 rings (SSSR count). The normalized spacial score (nSPS) is 20.2. The van der Waals surface area contributed by atoms with Gasteiger partial charge in [-0.25, -0.2) is 0 Å². The Bertz CT molecular complexity index is 227. The van der Waals surface area contributed by atoms with E-state index in [-0.39, 0.29) is 11.8 Å². The van der Waals surface area contributed by atoms with E-state index in [2.05, 4.69) is 17.1 Å². The van der Waals surface area contributed by atoms with Gasteiger partial charge in [-0.05, 0) is 52.2 Å². The summed E-state index contributed by atoms with van der Waals surface area (Å²) in [5, 5.41) is 3.05. The van der Waals surface area contributed by atoms with E-state index in [1.807, 2.05) is 6.92 Å². The molecule has 1 aliphatic heterocycles. The summed E-state index contributed by atoms with van der Waals surface area (Å²) in [6.45, 7) is 7.97. The number of carbonyl (C=O) groups is 1. The Balaban J connectivity index is 2.17. The van der Waals surface area contributed by atoms with Crippen molar-refractivity contribution < 1.29 is 4.79 Å². The number of nitrogens with zero attached hydrogens (tertiary/aromatic N) is 1. The SMILES string of the molecule is CC(CCCN)C(=O)NCC(C)N1CCCC1. The lowest BCUT2D eigenvalue weighted by molar-refractivity contribution is -0.124. The molecule has 2 atom stereocenters. The average molecular weight is 241 g/mol. The van der Waals surface area contributed by atoms with Gasteiger partial charge in [0.2, 0.25) is 5.91 Å². The Morgan fingerprint density at radius 1 is 1.35 bits per heavy atom. The molecule has 4 nitrogen and oxygen atoms in total. The zero-order valence-corrected chi connectivity index (χ0v) is 11.2. The van der Waals surface area contributed by atoms with Crippen molar-refractivity contribution in [1.82, 2.24) is 10.2 Å². The molecule has 0 spiro atoms. The van der Waals surface area contributed by atoms with Crippen LogP contribution in [0.5, 0.6) is 0 Å². The Labute approximate surface area is 105 Å². The molecule has 17 heavy (non-hydrogen) atoms. The molecule has 2 unspecified atom stereocenters. The lowest BCUT2D eigenvalue weighted by Crippen LogP contribution is -2.42. The molecule has 4 heteroatoms. The summed E-state index contributed by atoms with van der Waals surface area (Å²) in [6, 6.07) is 0.461. The van der Waals surface area contributed by atoms with Crippen LogP contribution in [0.15, 0.2) is 0 Å². The minimum Gasteiger partial charge on any atom is -0.354 e. The van der Waals surface area contributed by atoms with E-state index in [9.17, 15) is 4.79 Å². The van der Waals surface area contributed by atoms with Gasteiger partial charge in [0.05, 0.1) is 0 Å². The number of hydrogen-bond acceptors (Lipinski definition) is 3. The van der Waals surface area contributed by atoms with Crippen molar-refractivity contribution in [3.63, 3.8) is 0 Å². The fraction of sp³-hybridized carbons (Fsp3) is 0.923. The molecule has 3 N–H and O–H groups in total. The number of carbonyl (C=O) groups excluding carboxylic acids is 1. The lowest BCUT2D eigenvalue weighted by Gasteiger charge is -2.24. The van der Waals surface area contributed by atoms with Crippen LogP contribution in [-0.4, -0.2) is 43.0 Å². The van der Waals surface area contributed by atoms with Crippen LogP contribution in [0, 0.1) is 5.92 Å². The molecule has 0 aliphatic carbocycles. The topological polar surface area (TPSA) is 58.4 Å². The van der Waals surface area contributed by atoms with Crippen molar-refractivity contribution in [2.45, 2.75) is 45.6 Å². The molecule has 0 aromatic heterocycles. The van der Waals surface area contributed by atoms with E-state index in [1.165, 1.54) is 25.9 Å². The molecule has 100 valence electrons. The van der Waals surface area contributed by atoms with E-state index in [1.54, 1.807) is 0 Å². The quantitative estimate of drug-likeness (QED) is 0.698. The largest absolute Gasteiger partial charge is 0.354 e. The maximum absolute atomic E-state index is 11.8. The van der Waals surface area contributed by atoms with Crippen molar-refractivity contribution in [1.29, 1.82) is 0 Å². The molecule has 0 aromatic carbocycles. The maximum Gasteiger partial charge on any atom is 0.222 e. The van der Waals surface area contributed by atoms with Crippen molar-refractivity contribution in [3.05, 3.63) is 0 Å². The van der Waals surface area contributed by atoms with E-state index in [0.717, 1.165) is 19.4 Å². The van der Waals surface area contributed by atoms with Gasteiger partial charge >= 0.3 is 0 Å². The summed E-state index contributed by atoms with van der Waals surface area (Å²) in [6.07, 6.45) is 4.41. The maximum atomic E-state index is 11.8. The van der Waals surface area contributed by atoms with Crippen LogP contribution < -0.4 is 11.1 Å². The monoisotopic (exact) mass is 241 g/mol. The molecule has 1 heterocycles. The Morgan fingerprint density at radius 3 is 2.59 bits per heavy atom. The summed E-state index contributed by atoms with van der Waals surface area (Å²) in [5.41, 5.74) is 5.44. The van der Waals surface area contributed by atoms with Crippen LogP contribution in [0.1, 0.15) is 39.5 Å². The fourth-order valence-electron chi connectivity index (χ4n) is 2.29. The van der Waals surface area contributed by atoms with Gasteiger partial charge in [0, 0.05) is 18.5 Å². The zero-order valence-electron chi connectivity index (χ0n) is 11.2. The minimum atomic E-state index is 0.0873. The number of rotatable bonds is 7. The second-order valence-electron chi connectivity index (χ2n) is 5.17. The molecule has 0 radical (unpaired) electrons. The van der Waals surface area contributed by atoms with Crippen LogP contribution in [0.3, 0.4) is 0 Å². The fourth-order valence-corrected chi connectivity index (χ4v) is 2.29. The molecule has 1 amide bonds. The van der Waals surface area contributed by atoms with Crippen molar-refractivity contribution in [2.75, 3.05) is 26.2 Å². The van der Waals surface area contributed by atoms with Crippen molar-refractivity contribution in [3.8, 4) is 0 Å². The molecular weight excluding hydrogens is 214 g/mol. The van der Waals surface area contributed by atoms with Gasteiger partial charge < -0.3 is 11.1 Å². The van der Waals surface area contributed by atoms with Crippen LogP contribution in [-0.2, 0) is 4.79 Å². The molecule has 1 fully saturated rings. The Kier molecular flexibility index (Phi) is 6.52. The first-order valence-corrected chi connectivity index (χ1v) is 6.87. The van der Waals surface area contributed by atoms with E-state index in [4.69, 9.17) is 5.73 Å². The molecular formula is C13H27N3O. The molecule has 0 saturated carbocycles. The molecule has 1 saturated heterocycles. The van der Waals surface area contributed by atoms with Crippen LogP contribution in [0.25, 0.3) is 0 Å². The number of nitrogens with one attached hydrogen (secondary N) is 1. The summed E-state index contributed by atoms with van der Waals surface area (Å²) >= 11 is 0. The third-order valence-corrected chi connectivity index (χ3v) is 3.62. The van der Waals surface area contributed by atoms with Gasteiger partial charge in [-0.15, -0.1) is 0 Å². The summed E-state index contributed by atoms with van der Waals surface area (Å²) in [4.78, 5) is 14.2. The number of nitrogens with two attached hydrogens (primary N) is 1. The highest BCUT2D eigenvalue weighted by atomic mass is 16.1. The second-order valence-corrected chi connectivity index (χ2v) is 5.17. The first kappa shape index (κ1) is 14.5. The van der Waals surface area contributed by atoms with E-state index in [0.29, 0.717) is 12.6 Å². The van der Waals surface area contributed by atoms with Gasteiger partial charge in [-0.2, -0.15) is 0 Å². The third-order valence-electron chi connectivity index (χ3n) is 3.62. The van der Waals surface area contributed by atoms with E-state index < -0.39 is 0 Å². The Morgan fingerprint density at radius 2 is 2.00 bits per heavy atom. The van der Waals surface area contributed by atoms with Crippen molar-refractivity contribution >= 4 is 5.91 Å². The van der Waals surface area contributed by atoms with Gasteiger partial charge in [-0.3, -0.25) is 9.69 Å². The second kappa shape index (κ2) is 7.67. The number of likely N-dealkylation sites (tertiary alicyclic amines) is 1. The first-order valence-electron chi connectivity index (χ1n) is 6.87. The van der Waals surface area contributed by atoms with Crippen molar-refractivity contribution in [2.24, 2.45) is 11.7 Å². The lowest BCUT2D eigenvalue weighted by atomic mass is 10.0. The molecule has 0 aromatic rings. The third kappa shape index (κ3) is 5.04. The summed E-state index contributed by atoms with van der Waals surface area (Å²) < 4.78 is 0. The van der Waals surface area contributed by atoms with Gasteiger partial charge in [0.1, 0.15) is 0 Å². The average Bonchev–Trinajstić information content (AvgIpc) is 2.86. The van der Waals surface area contributed by atoms with Crippen LogP contribution >= 0.6 is 0 Å². The minimum absolute atomic E-state index is 0.0873. The first-order chi connectivity index (χ1) is 8.15. The summed E-state index contributed by atoms with van der Waals surface area (Å²) in [5.74, 6) is 0.258. The molecule has 0 bridgehead atoms. The predicted octanol–water partition coefficient (Wildman–Crippen LogP) is 0.962. The van der Waals surface area contributed by atoms with Crippen LogP contribution in [0.2, 0.25) is 0 Å². The number of amides is 1. The highest BCUT2D eigenvalue weighted by Gasteiger charge is 2.19. The van der Waals surface area contributed by atoms with E-state index >= 15 is 0 Å². The van der Waals surface area contributed by atoms with Gasteiger partial charge in [-0.1, -0.05) is 6.92 Å². The zero-order chi connectivity index (χ0) is 12.7. The number of hydrogen-bond donors (Lipinski definition) is 2. The van der Waals surface area contributed by atoms with Crippen LogP contribution in [0.4, 0.5) is 0 Å². The summed E-state index contributed by atoms with van der Waals surface area (Å²) in [7, 11) is 0. The Hall–Kier alpha value is -0.610. The highest BCUT2D eigenvalue weighted by Crippen LogP contribution is 2.11. The smallest absolute Gasteiger partial charge is 0.222 e. The standard InChI is InChI=1S/C13H27N3O/c1-11(6-5-7-14)13(17)15-10-12(2)16-8-3-4-9-16/h11-12H,3-10,14H2,1-2H3,(H,15,17). The predicted molar refractivity (Wildman–Crippen MR) is 70.7 cm³/mol.